The molecule has 31 heavy (non-hydrogen) atoms. The molecule has 3 rings (SSSR count). The number of carbonyl (C=O) groups excluding carboxylic acids is 3. The number of carbonyl (C=O) groups is 3. The molecule has 6 nitrogen and oxygen atoms in total. The minimum atomic E-state index is -1.14. The van der Waals surface area contributed by atoms with Gasteiger partial charge in [-0.1, -0.05) is 43.3 Å². The highest BCUT2D eigenvalue weighted by Crippen LogP contribution is 2.40. The van der Waals surface area contributed by atoms with E-state index in [-0.39, 0.29) is 6.61 Å². The van der Waals surface area contributed by atoms with E-state index in [1.54, 1.807) is 44.2 Å². The van der Waals surface area contributed by atoms with E-state index in [9.17, 15) is 14.4 Å². The van der Waals surface area contributed by atoms with Crippen LogP contribution in [-0.4, -0.2) is 24.5 Å². The maximum absolute atomic E-state index is 13.2. The summed E-state index contributed by atoms with van der Waals surface area (Å²) in [5, 5.41) is 3.29. The predicted molar refractivity (Wildman–Crippen MR) is 120 cm³/mol. The van der Waals surface area contributed by atoms with Gasteiger partial charge in [0.15, 0.2) is 0 Å². The fourth-order valence-electron chi connectivity index (χ4n) is 3.63. The number of esters is 2. The Kier molecular flexibility index (Phi) is 7.63. The Balaban J connectivity index is 1.94. The van der Waals surface area contributed by atoms with E-state index in [1.807, 2.05) is 6.07 Å². The van der Waals surface area contributed by atoms with Crippen molar-refractivity contribution in [2.45, 2.75) is 46.1 Å². The second-order valence-corrected chi connectivity index (χ2v) is 8.60. The first-order valence-corrected chi connectivity index (χ1v) is 11.3. The van der Waals surface area contributed by atoms with E-state index in [4.69, 9.17) is 9.47 Å². The van der Waals surface area contributed by atoms with Crippen LogP contribution in [0.2, 0.25) is 0 Å². The van der Waals surface area contributed by atoms with Crippen LogP contribution in [0.25, 0.3) is 0 Å². The lowest BCUT2D eigenvalue weighted by atomic mass is 9.88. The third kappa shape index (κ3) is 5.41. The second-order valence-electron chi connectivity index (χ2n) is 7.49. The van der Waals surface area contributed by atoms with Crippen LogP contribution in [0.5, 0.6) is 0 Å². The number of thiophene rings is 1. The third-order valence-electron chi connectivity index (χ3n) is 5.11. The van der Waals surface area contributed by atoms with Gasteiger partial charge in [-0.05, 0) is 44.6 Å². The summed E-state index contributed by atoms with van der Waals surface area (Å²) in [4.78, 5) is 39.1. The van der Waals surface area contributed by atoms with Crippen LogP contribution >= 0.6 is 11.3 Å². The van der Waals surface area contributed by atoms with Crippen molar-refractivity contribution >= 4 is 34.2 Å². The summed E-state index contributed by atoms with van der Waals surface area (Å²) in [5.74, 6) is -1.05. The molecule has 1 aliphatic rings. The van der Waals surface area contributed by atoms with Crippen LogP contribution in [0.4, 0.5) is 5.00 Å². The molecule has 0 saturated heterocycles. The first kappa shape index (κ1) is 22.7. The lowest BCUT2D eigenvalue weighted by Crippen LogP contribution is -2.26. The van der Waals surface area contributed by atoms with Gasteiger partial charge in [-0.15, -0.1) is 11.3 Å². The summed E-state index contributed by atoms with van der Waals surface area (Å²) in [6, 6.07) is 8.81. The molecule has 1 aromatic heterocycles. The molecule has 2 unspecified atom stereocenters. The summed E-state index contributed by atoms with van der Waals surface area (Å²) in [6.45, 7) is 5.88. The lowest BCUT2D eigenvalue weighted by Gasteiger charge is -2.18. The Bertz CT molecular complexity index is 979. The molecular formula is C24H27NO5S. The summed E-state index contributed by atoms with van der Waals surface area (Å²) in [6.07, 6.45) is 4.29. The molecule has 0 spiro atoms. The molecule has 0 radical (unpaired) electrons. The summed E-state index contributed by atoms with van der Waals surface area (Å²) < 4.78 is 10.7. The van der Waals surface area contributed by atoms with Crippen molar-refractivity contribution < 1.29 is 23.9 Å². The van der Waals surface area contributed by atoms with Crippen molar-refractivity contribution in [3.05, 3.63) is 64.1 Å². The van der Waals surface area contributed by atoms with Crippen LogP contribution < -0.4 is 5.32 Å². The number of allylic oxidation sites excluding steroid dienone is 1. The van der Waals surface area contributed by atoms with Gasteiger partial charge in [0.25, 0.3) is 5.91 Å². The highest BCUT2D eigenvalue weighted by molar-refractivity contribution is 7.17. The quantitative estimate of drug-likeness (QED) is 0.491. The van der Waals surface area contributed by atoms with Crippen molar-refractivity contribution in [2.75, 3.05) is 11.9 Å². The molecule has 1 aromatic carbocycles. The lowest BCUT2D eigenvalue weighted by molar-refractivity contribution is -0.149. The van der Waals surface area contributed by atoms with Gasteiger partial charge in [0.05, 0.1) is 12.2 Å². The first-order chi connectivity index (χ1) is 14.9. The van der Waals surface area contributed by atoms with Crippen molar-refractivity contribution in [3.8, 4) is 0 Å². The molecule has 2 aromatic rings. The van der Waals surface area contributed by atoms with Crippen LogP contribution in [0, 0.1) is 5.92 Å². The summed E-state index contributed by atoms with van der Waals surface area (Å²) in [5.41, 5.74) is 1.93. The summed E-state index contributed by atoms with van der Waals surface area (Å²) in [7, 11) is 0. The van der Waals surface area contributed by atoms with Crippen LogP contribution in [0.15, 0.2) is 42.5 Å². The molecular weight excluding hydrogens is 414 g/mol. The van der Waals surface area contributed by atoms with Gasteiger partial charge in [-0.3, -0.25) is 4.79 Å². The average molecular weight is 442 g/mol. The number of ether oxygens (including phenoxy) is 2. The number of nitrogens with one attached hydrogen (secondary N) is 1. The normalized spacial score (nSPS) is 16.4. The zero-order valence-corrected chi connectivity index (χ0v) is 18.8. The third-order valence-corrected chi connectivity index (χ3v) is 6.27. The number of benzene rings is 1. The molecule has 0 fully saturated rings. The van der Waals surface area contributed by atoms with E-state index in [2.05, 4.69) is 12.2 Å². The van der Waals surface area contributed by atoms with E-state index < -0.39 is 23.9 Å². The van der Waals surface area contributed by atoms with Gasteiger partial charge < -0.3 is 14.8 Å². The SMILES string of the molecule is CC=CC(=O)OC(C(=O)Nc1sc2c(c1C(=O)OCC)CCC(C)C2)c1ccccc1. The molecule has 0 aliphatic heterocycles. The number of anilines is 1. The first-order valence-electron chi connectivity index (χ1n) is 10.4. The van der Waals surface area contributed by atoms with Gasteiger partial charge in [0, 0.05) is 16.5 Å². The standard InChI is InChI=1S/C24H27NO5S/c1-4-9-19(26)30-21(16-10-7-6-8-11-16)22(27)25-23-20(24(28)29-5-2)17-13-12-15(3)14-18(17)31-23/h4,6-11,15,21H,5,12-14H2,1-3H3,(H,25,27). The average Bonchev–Trinajstić information content (AvgIpc) is 3.09. The molecule has 7 heteroatoms. The molecule has 1 amide bonds. The summed E-state index contributed by atoms with van der Waals surface area (Å²) >= 11 is 1.40. The highest BCUT2D eigenvalue weighted by atomic mass is 32.1. The van der Waals surface area contributed by atoms with E-state index in [0.29, 0.717) is 22.0 Å². The fourth-order valence-corrected chi connectivity index (χ4v) is 5.03. The minimum Gasteiger partial charge on any atom is -0.462 e. The van der Waals surface area contributed by atoms with Crippen molar-refractivity contribution in [2.24, 2.45) is 5.92 Å². The van der Waals surface area contributed by atoms with Crippen molar-refractivity contribution in [3.63, 3.8) is 0 Å². The van der Waals surface area contributed by atoms with E-state index >= 15 is 0 Å². The molecule has 164 valence electrons. The van der Waals surface area contributed by atoms with Gasteiger partial charge in [0.2, 0.25) is 6.10 Å². The van der Waals surface area contributed by atoms with Gasteiger partial charge in [-0.2, -0.15) is 0 Å². The number of hydrogen-bond donors (Lipinski definition) is 1. The molecule has 1 N–H and O–H groups in total. The van der Waals surface area contributed by atoms with Crippen LogP contribution in [-0.2, 0) is 31.9 Å². The Hall–Kier alpha value is -2.93. The monoisotopic (exact) mass is 441 g/mol. The second kappa shape index (κ2) is 10.4. The number of hydrogen-bond acceptors (Lipinski definition) is 6. The van der Waals surface area contributed by atoms with Gasteiger partial charge in [-0.25, -0.2) is 9.59 Å². The number of fused-ring (bicyclic) bond motifs is 1. The Morgan fingerprint density at radius 1 is 1.26 bits per heavy atom. The highest BCUT2D eigenvalue weighted by Gasteiger charge is 2.31. The predicted octanol–water partition coefficient (Wildman–Crippen LogP) is 4.85. The molecule has 2 atom stereocenters. The largest absolute Gasteiger partial charge is 0.462 e. The minimum absolute atomic E-state index is 0.251. The topological polar surface area (TPSA) is 81.7 Å². The van der Waals surface area contributed by atoms with Crippen molar-refractivity contribution in [1.29, 1.82) is 0 Å². The zero-order valence-electron chi connectivity index (χ0n) is 18.0. The smallest absolute Gasteiger partial charge is 0.341 e. The van der Waals surface area contributed by atoms with Crippen LogP contribution in [0.3, 0.4) is 0 Å². The molecule has 1 heterocycles. The number of amides is 1. The molecule has 1 aliphatic carbocycles. The molecule has 0 saturated carbocycles. The molecule has 0 bridgehead atoms. The Morgan fingerprint density at radius 2 is 2.00 bits per heavy atom. The fraction of sp³-hybridized carbons (Fsp3) is 0.375. The maximum Gasteiger partial charge on any atom is 0.341 e. The Morgan fingerprint density at radius 3 is 2.68 bits per heavy atom. The Labute approximate surface area is 186 Å². The van der Waals surface area contributed by atoms with E-state index in [0.717, 1.165) is 29.7 Å². The number of rotatable bonds is 7. The van der Waals surface area contributed by atoms with Crippen LogP contribution in [0.1, 0.15) is 59.7 Å². The van der Waals surface area contributed by atoms with Crippen molar-refractivity contribution in [1.82, 2.24) is 0 Å². The van der Waals surface area contributed by atoms with Gasteiger partial charge >= 0.3 is 11.9 Å². The van der Waals surface area contributed by atoms with E-state index in [1.165, 1.54) is 17.4 Å². The van der Waals surface area contributed by atoms with Gasteiger partial charge in [0.1, 0.15) is 5.00 Å². The maximum atomic E-state index is 13.2. The zero-order chi connectivity index (χ0) is 22.4.